The van der Waals surface area contributed by atoms with Gasteiger partial charge in [0.05, 0.1) is 17.3 Å². The average Bonchev–Trinajstić information content (AvgIpc) is 2.86. The summed E-state index contributed by atoms with van der Waals surface area (Å²) in [7, 11) is 0. The van der Waals surface area contributed by atoms with Gasteiger partial charge in [0, 0.05) is 0 Å². The summed E-state index contributed by atoms with van der Waals surface area (Å²) < 4.78 is 27.5. The molecule has 0 radical (unpaired) electrons. The number of carbonyl (C=O) groups is 1. The highest BCUT2D eigenvalue weighted by Gasteiger charge is 2.25. The van der Waals surface area contributed by atoms with E-state index in [2.05, 4.69) is 5.32 Å². The van der Waals surface area contributed by atoms with Gasteiger partial charge in [-0.25, -0.2) is 13.6 Å². The highest BCUT2D eigenvalue weighted by atomic mass is 19.1. The number of hydrogen-bond donors (Lipinski definition) is 2. The highest BCUT2D eigenvalue weighted by molar-refractivity contribution is 5.88. The van der Waals surface area contributed by atoms with Crippen molar-refractivity contribution in [3.05, 3.63) is 64.7 Å². The van der Waals surface area contributed by atoms with Crippen LogP contribution >= 0.6 is 0 Å². The molecule has 0 bridgehead atoms. The minimum absolute atomic E-state index is 0.0105. The standard InChI is InChI=1S/C16H13F2NO2/c17-12-3-1-2-11-10(12)5-7-14(11)19-15-8-9(16(20)21)4-6-13(15)18/h1-4,6,8,14,19H,5,7H2,(H,20,21). The van der Waals surface area contributed by atoms with Crippen LogP contribution < -0.4 is 5.32 Å². The number of aromatic carboxylic acids is 1. The lowest BCUT2D eigenvalue weighted by atomic mass is 10.1. The summed E-state index contributed by atoms with van der Waals surface area (Å²) in [5.74, 6) is -1.89. The Morgan fingerprint density at radius 2 is 2.00 bits per heavy atom. The molecule has 1 aliphatic rings. The maximum absolute atomic E-state index is 13.8. The second-order valence-corrected chi connectivity index (χ2v) is 5.04. The fourth-order valence-electron chi connectivity index (χ4n) is 2.72. The molecule has 0 aliphatic heterocycles. The lowest BCUT2D eigenvalue weighted by molar-refractivity contribution is 0.0697. The third-order valence-corrected chi connectivity index (χ3v) is 3.76. The van der Waals surface area contributed by atoms with E-state index in [1.54, 1.807) is 6.07 Å². The van der Waals surface area contributed by atoms with Gasteiger partial charge in [-0.05, 0) is 48.2 Å². The van der Waals surface area contributed by atoms with Crippen LogP contribution in [0.25, 0.3) is 0 Å². The smallest absolute Gasteiger partial charge is 0.335 e. The molecule has 2 aromatic carbocycles. The van der Waals surface area contributed by atoms with Gasteiger partial charge >= 0.3 is 5.97 Å². The van der Waals surface area contributed by atoms with Gasteiger partial charge in [-0.15, -0.1) is 0 Å². The molecule has 2 aromatic rings. The van der Waals surface area contributed by atoms with Crippen molar-refractivity contribution in [2.45, 2.75) is 18.9 Å². The topological polar surface area (TPSA) is 49.3 Å². The zero-order chi connectivity index (χ0) is 15.0. The second-order valence-electron chi connectivity index (χ2n) is 5.04. The predicted octanol–water partition coefficient (Wildman–Crippen LogP) is 3.76. The molecule has 3 rings (SSSR count). The molecular weight excluding hydrogens is 276 g/mol. The minimum atomic E-state index is -1.11. The van der Waals surface area contributed by atoms with Crippen molar-refractivity contribution < 1.29 is 18.7 Å². The lowest BCUT2D eigenvalue weighted by Crippen LogP contribution is -2.09. The number of hydrogen-bond acceptors (Lipinski definition) is 2. The maximum Gasteiger partial charge on any atom is 0.335 e. The van der Waals surface area contributed by atoms with E-state index in [1.807, 2.05) is 6.07 Å². The minimum Gasteiger partial charge on any atom is -0.478 e. The summed E-state index contributed by atoms with van der Waals surface area (Å²) in [6.07, 6.45) is 1.23. The quantitative estimate of drug-likeness (QED) is 0.904. The molecule has 0 amide bonds. The van der Waals surface area contributed by atoms with Gasteiger partial charge in [0.1, 0.15) is 11.6 Å². The lowest BCUT2D eigenvalue weighted by Gasteiger charge is -2.16. The van der Waals surface area contributed by atoms with Crippen molar-refractivity contribution >= 4 is 11.7 Å². The van der Waals surface area contributed by atoms with E-state index in [0.29, 0.717) is 18.4 Å². The first-order valence-electron chi connectivity index (χ1n) is 6.63. The number of fused-ring (bicyclic) bond motifs is 1. The summed E-state index contributed by atoms with van der Waals surface area (Å²) in [6.45, 7) is 0. The van der Waals surface area contributed by atoms with Gasteiger partial charge in [0.25, 0.3) is 0 Å². The molecular formula is C16H13F2NO2. The Morgan fingerprint density at radius 1 is 1.19 bits per heavy atom. The zero-order valence-corrected chi connectivity index (χ0v) is 11.1. The molecule has 0 aromatic heterocycles. The maximum atomic E-state index is 13.8. The fourth-order valence-corrected chi connectivity index (χ4v) is 2.72. The summed E-state index contributed by atoms with van der Waals surface area (Å²) in [6, 6.07) is 8.22. The molecule has 0 heterocycles. The molecule has 0 saturated carbocycles. The predicted molar refractivity (Wildman–Crippen MR) is 74.4 cm³/mol. The van der Waals surface area contributed by atoms with Gasteiger partial charge in [0.15, 0.2) is 0 Å². The van der Waals surface area contributed by atoms with E-state index in [9.17, 15) is 13.6 Å². The third kappa shape index (κ3) is 2.46. The van der Waals surface area contributed by atoms with Crippen LogP contribution in [-0.4, -0.2) is 11.1 Å². The van der Waals surface area contributed by atoms with Crippen molar-refractivity contribution in [1.29, 1.82) is 0 Å². The van der Waals surface area contributed by atoms with Crippen LogP contribution in [0.5, 0.6) is 0 Å². The van der Waals surface area contributed by atoms with E-state index in [0.717, 1.165) is 11.6 Å². The van der Waals surface area contributed by atoms with Crippen LogP contribution in [-0.2, 0) is 6.42 Å². The van der Waals surface area contributed by atoms with Gasteiger partial charge in [0.2, 0.25) is 0 Å². The van der Waals surface area contributed by atoms with Gasteiger partial charge in [-0.2, -0.15) is 0 Å². The van der Waals surface area contributed by atoms with Crippen molar-refractivity contribution in [1.82, 2.24) is 0 Å². The number of anilines is 1. The van der Waals surface area contributed by atoms with Crippen LogP contribution in [0.1, 0.15) is 33.9 Å². The molecule has 0 spiro atoms. The van der Waals surface area contributed by atoms with Crippen molar-refractivity contribution in [3.63, 3.8) is 0 Å². The Kier molecular flexibility index (Phi) is 3.33. The number of benzene rings is 2. The molecule has 108 valence electrons. The number of halogens is 2. The van der Waals surface area contributed by atoms with Gasteiger partial charge in [-0.3, -0.25) is 0 Å². The van der Waals surface area contributed by atoms with Crippen molar-refractivity contribution in [3.8, 4) is 0 Å². The molecule has 1 unspecified atom stereocenters. The van der Waals surface area contributed by atoms with E-state index >= 15 is 0 Å². The molecule has 5 heteroatoms. The summed E-state index contributed by atoms with van der Waals surface area (Å²) in [5.41, 5.74) is 1.58. The first-order chi connectivity index (χ1) is 10.1. The molecule has 21 heavy (non-hydrogen) atoms. The van der Waals surface area contributed by atoms with Gasteiger partial charge in [-0.1, -0.05) is 12.1 Å². The summed E-state index contributed by atoms with van der Waals surface area (Å²) >= 11 is 0. The molecule has 3 nitrogen and oxygen atoms in total. The Hall–Kier alpha value is -2.43. The average molecular weight is 289 g/mol. The molecule has 1 atom stereocenters. The Bertz CT molecular complexity index is 715. The van der Waals surface area contributed by atoms with E-state index < -0.39 is 11.8 Å². The molecule has 1 aliphatic carbocycles. The normalized spacial score (nSPS) is 16.6. The number of nitrogens with one attached hydrogen (secondary N) is 1. The first kappa shape index (κ1) is 13.5. The number of carboxylic acids is 1. The SMILES string of the molecule is O=C(O)c1ccc(F)c(NC2CCc3c(F)cccc32)c1. The van der Waals surface area contributed by atoms with Crippen LogP contribution in [0, 0.1) is 11.6 Å². The van der Waals surface area contributed by atoms with Crippen LogP contribution in [0.4, 0.5) is 14.5 Å². The summed E-state index contributed by atoms with van der Waals surface area (Å²) in [5, 5.41) is 11.9. The van der Waals surface area contributed by atoms with E-state index in [4.69, 9.17) is 5.11 Å². The van der Waals surface area contributed by atoms with Gasteiger partial charge < -0.3 is 10.4 Å². The second kappa shape index (κ2) is 5.16. The molecule has 0 fully saturated rings. The first-order valence-corrected chi connectivity index (χ1v) is 6.63. The Balaban J connectivity index is 1.91. The molecule has 2 N–H and O–H groups in total. The third-order valence-electron chi connectivity index (χ3n) is 3.76. The number of carboxylic acid groups (broad SMARTS) is 1. The van der Waals surface area contributed by atoms with Crippen LogP contribution in [0.15, 0.2) is 36.4 Å². The van der Waals surface area contributed by atoms with Crippen molar-refractivity contribution in [2.75, 3.05) is 5.32 Å². The highest BCUT2D eigenvalue weighted by Crippen LogP contribution is 2.35. The Morgan fingerprint density at radius 3 is 2.76 bits per heavy atom. The Labute approximate surface area is 120 Å². The van der Waals surface area contributed by atoms with Crippen LogP contribution in [0.3, 0.4) is 0 Å². The van der Waals surface area contributed by atoms with E-state index in [-0.39, 0.29) is 23.1 Å². The zero-order valence-electron chi connectivity index (χ0n) is 11.1. The summed E-state index contributed by atoms with van der Waals surface area (Å²) in [4.78, 5) is 10.9. The van der Waals surface area contributed by atoms with E-state index in [1.165, 1.54) is 18.2 Å². The number of rotatable bonds is 3. The van der Waals surface area contributed by atoms with Crippen LogP contribution in [0.2, 0.25) is 0 Å². The largest absolute Gasteiger partial charge is 0.478 e. The fraction of sp³-hybridized carbons (Fsp3) is 0.188. The molecule has 0 saturated heterocycles. The van der Waals surface area contributed by atoms with Crippen molar-refractivity contribution in [2.24, 2.45) is 0 Å². The monoisotopic (exact) mass is 289 g/mol.